The first-order valence-corrected chi connectivity index (χ1v) is 6.84. The zero-order valence-corrected chi connectivity index (χ0v) is 12.6. The van der Waals surface area contributed by atoms with Gasteiger partial charge in [-0.3, -0.25) is 4.68 Å². The maximum Gasteiger partial charge on any atom is 0.356 e. The van der Waals surface area contributed by atoms with Crippen LogP contribution < -0.4 is 10.6 Å². The molecule has 7 heteroatoms. The van der Waals surface area contributed by atoms with Crippen molar-refractivity contribution in [2.24, 2.45) is 7.05 Å². The van der Waals surface area contributed by atoms with E-state index in [1.807, 2.05) is 24.3 Å². The predicted octanol–water partition coefficient (Wildman–Crippen LogP) is 2.49. The zero-order chi connectivity index (χ0) is 15.4. The van der Waals surface area contributed by atoms with Crippen molar-refractivity contribution >= 4 is 34.7 Å². The normalized spacial score (nSPS) is 10.2. The first kappa shape index (κ1) is 15.0. The van der Waals surface area contributed by atoms with Crippen molar-refractivity contribution < 1.29 is 9.90 Å². The van der Waals surface area contributed by atoms with E-state index in [2.05, 4.69) is 22.7 Å². The van der Waals surface area contributed by atoms with E-state index < -0.39 is 5.97 Å². The number of anilines is 2. The fourth-order valence-corrected chi connectivity index (χ4v) is 2.12. The van der Waals surface area contributed by atoms with Crippen LogP contribution in [0.25, 0.3) is 0 Å². The van der Waals surface area contributed by atoms with Gasteiger partial charge in [-0.15, -0.1) is 0 Å². The second-order valence-corrected chi connectivity index (χ2v) is 4.87. The van der Waals surface area contributed by atoms with E-state index in [4.69, 9.17) is 17.3 Å². The monoisotopic (exact) mass is 304 g/mol. The molecule has 0 bridgehead atoms. The molecule has 1 heterocycles. The predicted molar refractivity (Wildman–Crippen MR) is 85.8 cm³/mol. The summed E-state index contributed by atoms with van der Waals surface area (Å²) in [5, 5.41) is 19.2. The van der Waals surface area contributed by atoms with Gasteiger partial charge in [-0.05, 0) is 36.3 Å². The Kier molecular flexibility index (Phi) is 4.54. The van der Waals surface area contributed by atoms with Gasteiger partial charge in [0.2, 0.25) is 0 Å². The van der Waals surface area contributed by atoms with Crippen molar-refractivity contribution in [3.05, 3.63) is 41.7 Å². The first-order chi connectivity index (χ1) is 10.0. The molecule has 0 spiro atoms. The Morgan fingerprint density at radius 3 is 2.57 bits per heavy atom. The number of aromatic nitrogens is 2. The van der Waals surface area contributed by atoms with Crippen molar-refractivity contribution in [1.29, 1.82) is 0 Å². The summed E-state index contributed by atoms with van der Waals surface area (Å²) in [6.07, 6.45) is 2.40. The average Bonchev–Trinajstić information content (AvgIpc) is 2.80. The molecule has 0 atom stereocenters. The van der Waals surface area contributed by atoms with E-state index in [0.29, 0.717) is 10.8 Å². The highest BCUT2D eigenvalue weighted by molar-refractivity contribution is 7.80. The van der Waals surface area contributed by atoms with Crippen LogP contribution in [0.15, 0.2) is 30.5 Å². The Labute approximate surface area is 127 Å². The molecule has 0 saturated carbocycles. The van der Waals surface area contributed by atoms with Crippen LogP contribution in [0.1, 0.15) is 23.0 Å². The van der Waals surface area contributed by atoms with Crippen molar-refractivity contribution in [3.8, 4) is 0 Å². The third kappa shape index (κ3) is 3.57. The fourth-order valence-electron chi connectivity index (χ4n) is 1.89. The lowest BCUT2D eigenvalue weighted by molar-refractivity contribution is 0.0686. The summed E-state index contributed by atoms with van der Waals surface area (Å²) in [6, 6.07) is 7.87. The Morgan fingerprint density at radius 1 is 1.33 bits per heavy atom. The summed E-state index contributed by atoms with van der Waals surface area (Å²) in [5.41, 5.74) is 2.48. The number of aryl methyl sites for hydroxylation is 2. The summed E-state index contributed by atoms with van der Waals surface area (Å²) in [6.45, 7) is 2.09. The van der Waals surface area contributed by atoms with Gasteiger partial charge in [-0.2, -0.15) is 5.10 Å². The van der Waals surface area contributed by atoms with Crippen LogP contribution in [0, 0.1) is 0 Å². The fraction of sp³-hybridized carbons (Fsp3) is 0.214. The number of carboxylic acids is 1. The number of aromatic carboxylic acids is 1. The van der Waals surface area contributed by atoms with E-state index in [1.54, 1.807) is 7.05 Å². The molecule has 3 N–H and O–H groups in total. The summed E-state index contributed by atoms with van der Waals surface area (Å²) in [7, 11) is 1.56. The highest BCUT2D eigenvalue weighted by Gasteiger charge is 2.16. The molecule has 21 heavy (non-hydrogen) atoms. The molecule has 0 saturated heterocycles. The van der Waals surface area contributed by atoms with Gasteiger partial charge in [0.05, 0.1) is 11.9 Å². The van der Waals surface area contributed by atoms with Crippen LogP contribution in [0.2, 0.25) is 0 Å². The Balaban J connectivity index is 2.06. The van der Waals surface area contributed by atoms with Crippen molar-refractivity contribution in [3.63, 3.8) is 0 Å². The minimum Gasteiger partial charge on any atom is -0.476 e. The second kappa shape index (κ2) is 6.36. The average molecular weight is 304 g/mol. The highest BCUT2D eigenvalue weighted by atomic mass is 32.1. The van der Waals surface area contributed by atoms with Crippen LogP contribution >= 0.6 is 12.2 Å². The van der Waals surface area contributed by atoms with Gasteiger partial charge in [-0.1, -0.05) is 19.1 Å². The van der Waals surface area contributed by atoms with Gasteiger partial charge in [0, 0.05) is 12.7 Å². The van der Waals surface area contributed by atoms with Crippen LogP contribution in [-0.4, -0.2) is 26.0 Å². The van der Waals surface area contributed by atoms with E-state index in [9.17, 15) is 4.79 Å². The maximum absolute atomic E-state index is 11.1. The third-order valence-corrected chi connectivity index (χ3v) is 3.21. The van der Waals surface area contributed by atoms with Gasteiger partial charge in [-0.25, -0.2) is 4.79 Å². The lowest BCUT2D eigenvalue weighted by atomic mass is 10.1. The number of carbonyl (C=O) groups is 1. The molecule has 1 aromatic heterocycles. The molecule has 0 amide bonds. The number of carboxylic acid groups (broad SMARTS) is 1. The smallest absolute Gasteiger partial charge is 0.356 e. The van der Waals surface area contributed by atoms with E-state index in [1.165, 1.54) is 16.4 Å². The van der Waals surface area contributed by atoms with Gasteiger partial charge in [0.1, 0.15) is 0 Å². The third-order valence-electron chi connectivity index (χ3n) is 3.01. The molecule has 0 radical (unpaired) electrons. The number of hydrogen-bond acceptors (Lipinski definition) is 3. The summed E-state index contributed by atoms with van der Waals surface area (Å²) in [5.74, 6) is -1.06. The summed E-state index contributed by atoms with van der Waals surface area (Å²) >= 11 is 5.18. The SMILES string of the molecule is CCc1ccc(NC(=S)Nc2cnn(C)c2C(=O)O)cc1. The van der Waals surface area contributed by atoms with Crippen LogP contribution in [-0.2, 0) is 13.5 Å². The number of nitrogens with zero attached hydrogens (tertiary/aromatic N) is 2. The van der Waals surface area contributed by atoms with Gasteiger partial charge >= 0.3 is 5.97 Å². The highest BCUT2D eigenvalue weighted by Crippen LogP contribution is 2.15. The molecular weight excluding hydrogens is 288 g/mol. The molecule has 0 aliphatic heterocycles. The molecule has 2 aromatic rings. The van der Waals surface area contributed by atoms with Crippen LogP contribution in [0.5, 0.6) is 0 Å². The van der Waals surface area contributed by atoms with Crippen LogP contribution in [0.3, 0.4) is 0 Å². The maximum atomic E-state index is 11.1. The summed E-state index contributed by atoms with van der Waals surface area (Å²) in [4.78, 5) is 11.1. The lowest BCUT2D eigenvalue weighted by Crippen LogP contribution is -2.20. The summed E-state index contributed by atoms with van der Waals surface area (Å²) < 4.78 is 1.28. The molecule has 0 aliphatic carbocycles. The van der Waals surface area contributed by atoms with Gasteiger partial charge in [0.15, 0.2) is 10.8 Å². The molecule has 1 aromatic carbocycles. The second-order valence-electron chi connectivity index (χ2n) is 4.47. The Hall–Kier alpha value is -2.41. The van der Waals surface area contributed by atoms with E-state index in [-0.39, 0.29) is 5.69 Å². The zero-order valence-electron chi connectivity index (χ0n) is 11.8. The van der Waals surface area contributed by atoms with Crippen molar-refractivity contribution in [2.75, 3.05) is 10.6 Å². The number of hydrogen-bond donors (Lipinski definition) is 3. The Bertz CT molecular complexity index is 664. The minimum atomic E-state index is -1.06. The molecule has 110 valence electrons. The molecule has 2 rings (SSSR count). The van der Waals surface area contributed by atoms with E-state index >= 15 is 0 Å². The van der Waals surface area contributed by atoms with Gasteiger partial charge < -0.3 is 15.7 Å². The molecule has 6 nitrogen and oxygen atoms in total. The molecule has 0 aliphatic rings. The first-order valence-electron chi connectivity index (χ1n) is 6.43. The number of benzene rings is 1. The van der Waals surface area contributed by atoms with Crippen molar-refractivity contribution in [1.82, 2.24) is 9.78 Å². The lowest BCUT2D eigenvalue weighted by Gasteiger charge is -2.10. The largest absolute Gasteiger partial charge is 0.476 e. The number of thiocarbonyl (C=S) groups is 1. The van der Waals surface area contributed by atoms with Crippen LogP contribution in [0.4, 0.5) is 11.4 Å². The molecule has 0 fully saturated rings. The van der Waals surface area contributed by atoms with Gasteiger partial charge in [0.25, 0.3) is 0 Å². The number of nitrogens with one attached hydrogen (secondary N) is 2. The van der Waals surface area contributed by atoms with Crippen molar-refractivity contribution in [2.45, 2.75) is 13.3 Å². The molecular formula is C14H16N4O2S. The molecule has 0 unspecified atom stereocenters. The van der Waals surface area contributed by atoms with E-state index in [0.717, 1.165) is 12.1 Å². The standard InChI is InChI=1S/C14H16N4O2S/c1-3-9-4-6-10(7-5-9)16-14(21)17-11-8-15-18(2)12(11)13(19)20/h4-8H,3H2,1-2H3,(H,19,20)(H2,16,17,21). The Morgan fingerprint density at radius 2 is 2.00 bits per heavy atom. The minimum absolute atomic E-state index is 0.0560. The quantitative estimate of drug-likeness (QED) is 0.753. The number of rotatable bonds is 4. The topological polar surface area (TPSA) is 79.2 Å².